The van der Waals surface area contributed by atoms with Crippen LogP contribution in [0.3, 0.4) is 0 Å². The number of anilines is 1. The van der Waals surface area contributed by atoms with Gasteiger partial charge in [0.1, 0.15) is 11.6 Å². The highest BCUT2D eigenvalue weighted by atomic mass is 32.2. The number of carbonyl (C=O) groups is 1. The Hall–Kier alpha value is -2.67. The Kier molecular flexibility index (Phi) is 5.37. The van der Waals surface area contributed by atoms with Crippen molar-refractivity contribution in [1.82, 2.24) is 9.55 Å². The second-order valence-electron chi connectivity index (χ2n) is 5.81. The standard InChI is InChI=1S/C19H17F2N3OS/c1-12-3-5-15(9-13(12)2)24-8-7-22-19(24)26-11-18(25)23-17-10-14(20)4-6-16(17)21/h3-10H,11H2,1-2H3,(H,23,25). The molecular formula is C19H17F2N3OS. The maximum absolute atomic E-state index is 13.6. The number of carbonyl (C=O) groups excluding carboxylic acids is 1. The van der Waals surface area contributed by atoms with Crippen LogP contribution in [0.2, 0.25) is 0 Å². The summed E-state index contributed by atoms with van der Waals surface area (Å²) in [5.74, 6) is -1.70. The predicted octanol–water partition coefficient (Wildman–Crippen LogP) is 4.50. The van der Waals surface area contributed by atoms with Crippen molar-refractivity contribution in [2.45, 2.75) is 19.0 Å². The molecule has 0 aliphatic rings. The van der Waals surface area contributed by atoms with E-state index in [1.807, 2.05) is 42.8 Å². The van der Waals surface area contributed by atoms with Crippen molar-refractivity contribution < 1.29 is 13.6 Å². The van der Waals surface area contributed by atoms with Crippen molar-refractivity contribution in [1.29, 1.82) is 0 Å². The lowest BCUT2D eigenvalue weighted by Gasteiger charge is -2.10. The van der Waals surface area contributed by atoms with E-state index in [-0.39, 0.29) is 11.4 Å². The monoisotopic (exact) mass is 373 g/mol. The molecule has 1 heterocycles. The molecule has 1 N–H and O–H groups in total. The number of thioether (sulfide) groups is 1. The molecule has 1 amide bonds. The molecule has 0 saturated carbocycles. The number of halogens is 2. The van der Waals surface area contributed by atoms with Crippen LogP contribution in [0.5, 0.6) is 0 Å². The van der Waals surface area contributed by atoms with Crippen molar-refractivity contribution in [3.05, 3.63) is 71.6 Å². The molecule has 4 nitrogen and oxygen atoms in total. The maximum atomic E-state index is 13.6. The highest BCUT2D eigenvalue weighted by molar-refractivity contribution is 7.99. The number of imidazole rings is 1. The molecule has 0 fully saturated rings. The van der Waals surface area contributed by atoms with Crippen molar-refractivity contribution in [2.75, 3.05) is 11.1 Å². The summed E-state index contributed by atoms with van der Waals surface area (Å²) >= 11 is 1.22. The van der Waals surface area contributed by atoms with Gasteiger partial charge in [-0.3, -0.25) is 9.36 Å². The number of hydrogen-bond donors (Lipinski definition) is 1. The zero-order chi connectivity index (χ0) is 18.7. The third-order valence-electron chi connectivity index (χ3n) is 3.91. The van der Waals surface area contributed by atoms with Crippen LogP contribution in [0.4, 0.5) is 14.5 Å². The number of hydrogen-bond acceptors (Lipinski definition) is 3. The van der Waals surface area contributed by atoms with Crippen molar-refractivity contribution in [3.8, 4) is 5.69 Å². The van der Waals surface area contributed by atoms with E-state index in [0.29, 0.717) is 5.16 Å². The summed E-state index contributed by atoms with van der Waals surface area (Å²) in [5.41, 5.74) is 3.13. The fourth-order valence-electron chi connectivity index (χ4n) is 2.38. The fourth-order valence-corrected chi connectivity index (χ4v) is 3.15. The maximum Gasteiger partial charge on any atom is 0.234 e. The zero-order valence-electron chi connectivity index (χ0n) is 14.3. The lowest BCUT2D eigenvalue weighted by atomic mass is 10.1. The van der Waals surface area contributed by atoms with Gasteiger partial charge in [-0.2, -0.15) is 0 Å². The average Bonchev–Trinajstić information content (AvgIpc) is 3.07. The van der Waals surface area contributed by atoms with Crippen molar-refractivity contribution >= 4 is 23.4 Å². The molecule has 0 atom stereocenters. The molecule has 2 aromatic carbocycles. The molecule has 1 aromatic heterocycles. The van der Waals surface area contributed by atoms with Crippen LogP contribution in [0.1, 0.15) is 11.1 Å². The van der Waals surface area contributed by atoms with Gasteiger partial charge in [-0.05, 0) is 49.2 Å². The summed E-state index contributed by atoms with van der Waals surface area (Å²) in [6, 6.07) is 8.98. The van der Waals surface area contributed by atoms with E-state index in [1.165, 1.54) is 17.3 Å². The van der Waals surface area contributed by atoms with Gasteiger partial charge >= 0.3 is 0 Å². The minimum Gasteiger partial charge on any atom is -0.323 e. The van der Waals surface area contributed by atoms with Crippen LogP contribution >= 0.6 is 11.8 Å². The molecule has 26 heavy (non-hydrogen) atoms. The summed E-state index contributed by atoms with van der Waals surface area (Å²) in [4.78, 5) is 16.3. The first-order valence-corrected chi connectivity index (χ1v) is 8.91. The minimum atomic E-state index is -0.679. The SMILES string of the molecule is Cc1ccc(-n2ccnc2SCC(=O)Nc2cc(F)ccc2F)cc1C. The number of nitrogens with one attached hydrogen (secondary N) is 1. The number of amides is 1. The van der Waals surface area contributed by atoms with Gasteiger partial charge in [0, 0.05) is 24.1 Å². The number of aromatic nitrogens is 2. The largest absolute Gasteiger partial charge is 0.323 e. The summed E-state index contributed by atoms with van der Waals surface area (Å²) < 4.78 is 28.6. The molecule has 0 spiro atoms. The quantitative estimate of drug-likeness (QED) is 0.670. The van der Waals surface area contributed by atoms with Crippen LogP contribution in [0.15, 0.2) is 53.9 Å². The van der Waals surface area contributed by atoms with Crippen molar-refractivity contribution in [2.24, 2.45) is 0 Å². The highest BCUT2D eigenvalue weighted by Gasteiger charge is 2.12. The van der Waals surface area contributed by atoms with E-state index >= 15 is 0 Å². The fraction of sp³-hybridized carbons (Fsp3) is 0.158. The molecule has 7 heteroatoms. The Morgan fingerprint density at radius 2 is 1.96 bits per heavy atom. The van der Waals surface area contributed by atoms with Gasteiger partial charge in [0.25, 0.3) is 0 Å². The Balaban J connectivity index is 1.69. The van der Waals surface area contributed by atoms with Crippen LogP contribution in [-0.2, 0) is 4.79 Å². The Bertz CT molecular complexity index is 956. The van der Waals surface area contributed by atoms with Gasteiger partial charge in [0.15, 0.2) is 5.16 Å². The number of benzene rings is 2. The topological polar surface area (TPSA) is 46.9 Å². The summed E-state index contributed by atoms with van der Waals surface area (Å²) in [6.07, 6.45) is 3.47. The molecular weight excluding hydrogens is 356 g/mol. The average molecular weight is 373 g/mol. The first kappa shape index (κ1) is 18.1. The van der Waals surface area contributed by atoms with Gasteiger partial charge in [-0.15, -0.1) is 0 Å². The third-order valence-corrected chi connectivity index (χ3v) is 4.88. The lowest BCUT2D eigenvalue weighted by Crippen LogP contribution is -2.15. The molecule has 0 unspecified atom stereocenters. The van der Waals surface area contributed by atoms with Crippen LogP contribution in [-0.4, -0.2) is 21.2 Å². The molecule has 0 radical (unpaired) electrons. The van der Waals surface area contributed by atoms with E-state index in [9.17, 15) is 13.6 Å². The van der Waals surface area contributed by atoms with Gasteiger partial charge in [0.05, 0.1) is 11.4 Å². The molecule has 3 aromatic rings. The molecule has 0 bridgehead atoms. The molecule has 134 valence electrons. The van der Waals surface area contributed by atoms with Crippen molar-refractivity contribution in [3.63, 3.8) is 0 Å². The molecule has 0 aliphatic heterocycles. The van der Waals surface area contributed by atoms with E-state index in [1.54, 1.807) is 6.20 Å². The van der Waals surface area contributed by atoms with E-state index in [2.05, 4.69) is 10.3 Å². The first-order valence-electron chi connectivity index (χ1n) is 7.93. The highest BCUT2D eigenvalue weighted by Crippen LogP contribution is 2.23. The van der Waals surface area contributed by atoms with Gasteiger partial charge in [-0.1, -0.05) is 17.8 Å². The molecule has 0 aliphatic carbocycles. The van der Waals surface area contributed by atoms with Gasteiger partial charge in [-0.25, -0.2) is 13.8 Å². The summed E-state index contributed by atoms with van der Waals surface area (Å²) in [7, 11) is 0. The first-order chi connectivity index (χ1) is 12.4. The number of nitrogens with zero attached hydrogens (tertiary/aromatic N) is 2. The predicted molar refractivity (Wildman–Crippen MR) is 98.7 cm³/mol. The second kappa shape index (κ2) is 7.70. The summed E-state index contributed by atoms with van der Waals surface area (Å²) in [5, 5.41) is 3.02. The van der Waals surface area contributed by atoms with Gasteiger partial charge < -0.3 is 5.32 Å². The number of rotatable bonds is 5. The van der Waals surface area contributed by atoms with Crippen LogP contribution < -0.4 is 5.32 Å². The van der Waals surface area contributed by atoms with E-state index in [0.717, 1.165) is 29.4 Å². The molecule has 0 saturated heterocycles. The van der Waals surface area contributed by atoms with Crippen LogP contribution in [0.25, 0.3) is 5.69 Å². The Morgan fingerprint density at radius 1 is 1.15 bits per heavy atom. The third kappa shape index (κ3) is 4.11. The normalized spacial score (nSPS) is 10.8. The van der Waals surface area contributed by atoms with E-state index in [4.69, 9.17) is 0 Å². The minimum absolute atomic E-state index is 0.0256. The zero-order valence-corrected chi connectivity index (χ0v) is 15.1. The second-order valence-corrected chi connectivity index (χ2v) is 6.75. The molecule has 3 rings (SSSR count). The lowest BCUT2D eigenvalue weighted by molar-refractivity contribution is -0.113. The van der Waals surface area contributed by atoms with Gasteiger partial charge in [0.2, 0.25) is 5.91 Å². The van der Waals surface area contributed by atoms with Crippen LogP contribution in [0, 0.1) is 25.5 Å². The Labute approximate surface area is 154 Å². The van der Waals surface area contributed by atoms with E-state index < -0.39 is 17.5 Å². The smallest absolute Gasteiger partial charge is 0.234 e. The Morgan fingerprint density at radius 3 is 2.73 bits per heavy atom. The summed E-state index contributed by atoms with van der Waals surface area (Å²) in [6.45, 7) is 4.07. The number of aryl methyl sites for hydroxylation is 2.